The molecule has 3 nitrogen and oxygen atoms in total. The summed E-state index contributed by atoms with van der Waals surface area (Å²) in [4.78, 5) is 10.4. The van der Waals surface area contributed by atoms with E-state index in [9.17, 15) is 4.79 Å². The van der Waals surface area contributed by atoms with E-state index in [1.807, 2.05) is 0 Å². The van der Waals surface area contributed by atoms with E-state index in [1.54, 1.807) is 13.8 Å². The average Bonchev–Trinajstić information content (AvgIpc) is 1.62. The normalized spacial score (nSPS) is 11.1. The fourth-order valence-corrected chi connectivity index (χ4v) is 0.350. The molecule has 2 N–H and O–H groups in total. The summed E-state index contributed by atoms with van der Waals surface area (Å²) < 4.78 is 4.71. The first-order valence-electron chi connectivity index (χ1n) is 2.73. The second-order valence-electron chi connectivity index (χ2n) is 2.44. The molecule has 0 saturated carbocycles. The lowest BCUT2D eigenvalue weighted by Crippen LogP contribution is -2.28. The van der Waals surface area contributed by atoms with E-state index < -0.39 is 11.6 Å². The van der Waals surface area contributed by atoms with Gasteiger partial charge in [0.25, 0.3) is 0 Å². The van der Waals surface area contributed by atoms with Gasteiger partial charge in [-0.05, 0) is 20.8 Å². The molecule has 0 unspecified atom stereocenters. The van der Waals surface area contributed by atoms with Gasteiger partial charge in [-0.3, -0.25) is 4.79 Å². The fraction of sp³-hybridized carbons (Fsp3) is 0.667. The minimum Gasteiger partial charge on any atom is -0.459 e. The summed E-state index contributed by atoms with van der Waals surface area (Å²) in [6.45, 7) is 6.87. The van der Waals surface area contributed by atoms with Crippen molar-refractivity contribution in [1.29, 1.82) is 0 Å². The van der Waals surface area contributed by atoms with E-state index in [0.717, 1.165) is 0 Å². The Morgan fingerprint density at radius 2 is 2.22 bits per heavy atom. The summed E-state index contributed by atoms with van der Waals surface area (Å²) in [5, 5.41) is 0. The number of ether oxygens (including phenoxy) is 1. The van der Waals surface area contributed by atoms with Crippen LogP contribution in [0.25, 0.3) is 0 Å². The van der Waals surface area contributed by atoms with Gasteiger partial charge in [0.05, 0.1) is 6.54 Å². The first kappa shape index (κ1) is 8.43. The molecule has 0 atom stereocenters. The third kappa shape index (κ3) is 5.30. The lowest BCUT2D eigenvalue weighted by Gasteiger charge is -2.18. The van der Waals surface area contributed by atoms with Crippen molar-refractivity contribution in [2.45, 2.75) is 19.4 Å². The van der Waals surface area contributed by atoms with Gasteiger partial charge in [-0.1, -0.05) is 0 Å². The van der Waals surface area contributed by atoms with Gasteiger partial charge in [-0.25, -0.2) is 0 Å². The van der Waals surface area contributed by atoms with Crippen molar-refractivity contribution in [2.24, 2.45) is 5.73 Å². The van der Waals surface area contributed by atoms with Gasteiger partial charge in [-0.15, -0.1) is 0 Å². The summed E-state index contributed by atoms with van der Waals surface area (Å²) in [6.07, 6.45) is 0. The molecule has 1 radical (unpaired) electrons. The quantitative estimate of drug-likeness (QED) is 0.539. The average molecular weight is 130 g/mol. The van der Waals surface area contributed by atoms with Crippen molar-refractivity contribution in [1.82, 2.24) is 0 Å². The zero-order valence-electron chi connectivity index (χ0n) is 5.81. The molecular formula is C6H12NO2. The summed E-state index contributed by atoms with van der Waals surface area (Å²) >= 11 is 0. The molecule has 0 bridgehead atoms. The Labute approximate surface area is 55.2 Å². The Bertz CT molecular complexity index is 104. The number of hydrogen-bond acceptors (Lipinski definition) is 3. The van der Waals surface area contributed by atoms with Crippen LogP contribution in [0, 0.1) is 6.92 Å². The molecule has 0 saturated heterocycles. The largest absolute Gasteiger partial charge is 0.459 e. The Balaban J connectivity index is 3.60. The van der Waals surface area contributed by atoms with E-state index in [0.29, 0.717) is 0 Å². The fourth-order valence-electron chi connectivity index (χ4n) is 0.350. The van der Waals surface area contributed by atoms with Crippen molar-refractivity contribution in [3.8, 4) is 0 Å². The monoisotopic (exact) mass is 130 g/mol. The SMILES string of the molecule is [CH2]C(C)(C)OC(=O)CN. The van der Waals surface area contributed by atoms with Crippen molar-refractivity contribution < 1.29 is 9.53 Å². The minimum atomic E-state index is -0.656. The topological polar surface area (TPSA) is 52.3 Å². The standard InChI is InChI=1S/C6H12NO2/c1-6(2,3)9-5(8)4-7/h1,4,7H2,2-3H3. The first-order chi connectivity index (χ1) is 3.95. The third-order valence-corrected chi connectivity index (χ3v) is 0.557. The van der Waals surface area contributed by atoms with Gasteiger partial charge in [-0.2, -0.15) is 0 Å². The van der Waals surface area contributed by atoms with E-state index in [1.165, 1.54) is 0 Å². The molecule has 0 fully saturated rings. The van der Waals surface area contributed by atoms with Crippen LogP contribution in [0.5, 0.6) is 0 Å². The van der Waals surface area contributed by atoms with Crippen LogP contribution in [0.1, 0.15) is 13.8 Å². The Morgan fingerprint density at radius 3 is 2.33 bits per heavy atom. The molecule has 0 aliphatic rings. The zero-order valence-corrected chi connectivity index (χ0v) is 5.81. The molecule has 0 spiro atoms. The lowest BCUT2D eigenvalue weighted by atomic mass is 10.2. The molecule has 0 aromatic heterocycles. The minimum absolute atomic E-state index is 0.0844. The molecule has 0 aliphatic heterocycles. The van der Waals surface area contributed by atoms with Crippen LogP contribution in [0.4, 0.5) is 0 Å². The highest BCUT2D eigenvalue weighted by Crippen LogP contribution is 2.04. The van der Waals surface area contributed by atoms with Crippen molar-refractivity contribution in [3.63, 3.8) is 0 Å². The number of esters is 1. The number of carbonyl (C=O) groups excluding carboxylic acids is 1. The molecule has 0 aliphatic carbocycles. The molecule has 9 heavy (non-hydrogen) atoms. The summed E-state index contributed by atoms with van der Waals surface area (Å²) in [5.41, 5.74) is 4.32. The van der Waals surface area contributed by atoms with Crippen LogP contribution in [0.15, 0.2) is 0 Å². The molecule has 0 amide bonds. The lowest BCUT2D eigenvalue weighted by molar-refractivity contribution is -0.150. The molecule has 3 heteroatoms. The highest BCUT2D eigenvalue weighted by Gasteiger charge is 2.14. The molecule has 0 aromatic carbocycles. The smallest absolute Gasteiger partial charge is 0.320 e. The van der Waals surface area contributed by atoms with E-state index >= 15 is 0 Å². The molecule has 0 rings (SSSR count). The molecule has 0 aromatic rings. The third-order valence-electron chi connectivity index (χ3n) is 0.557. The number of nitrogens with two attached hydrogens (primary N) is 1. The maximum absolute atomic E-state index is 10.4. The van der Waals surface area contributed by atoms with Crippen molar-refractivity contribution >= 4 is 5.97 Å². The van der Waals surface area contributed by atoms with E-state index in [2.05, 4.69) is 6.92 Å². The van der Waals surface area contributed by atoms with Gasteiger partial charge < -0.3 is 10.5 Å². The molecule has 0 heterocycles. The number of carbonyl (C=O) groups is 1. The summed E-state index contributed by atoms with van der Waals surface area (Å²) in [6, 6.07) is 0. The van der Waals surface area contributed by atoms with E-state index in [4.69, 9.17) is 10.5 Å². The van der Waals surface area contributed by atoms with Crippen LogP contribution in [0.2, 0.25) is 0 Å². The zero-order chi connectivity index (χ0) is 7.49. The molecule has 53 valence electrons. The Hall–Kier alpha value is -0.570. The van der Waals surface area contributed by atoms with Gasteiger partial charge in [0.15, 0.2) is 0 Å². The van der Waals surface area contributed by atoms with Gasteiger partial charge in [0, 0.05) is 0 Å². The predicted octanol–water partition coefficient (Wildman–Crippen LogP) is 0.101. The Morgan fingerprint density at radius 1 is 1.78 bits per heavy atom. The van der Waals surface area contributed by atoms with Crippen LogP contribution >= 0.6 is 0 Å². The summed E-state index contributed by atoms with van der Waals surface area (Å²) in [5.74, 6) is -0.421. The van der Waals surface area contributed by atoms with E-state index in [-0.39, 0.29) is 6.54 Å². The van der Waals surface area contributed by atoms with Crippen LogP contribution in [0.3, 0.4) is 0 Å². The van der Waals surface area contributed by atoms with Crippen molar-refractivity contribution in [3.05, 3.63) is 6.92 Å². The van der Waals surface area contributed by atoms with Gasteiger partial charge >= 0.3 is 5.97 Å². The Kier molecular flexibility index (Phi) is 2.65. The number of rotatable bonds is 2. The van der Waals surface area contributed by atoms with Crippen LogP contribution < -0.4 is 5.73 Å². The van der Waals surface area contributed by atoms with Gasteiger partial charge in [0.1, 0.15) is 5.60 Å². The second-order valence-corrected chi connectivity index (χ2v) is 2.44. The highest BCUT2D eigenvalue weighted by atomic mass is 16.6. The maximum atomic E-state index is 10.4. The second kappa shape index (κ2) is 2.82. The first-order valence-corrected chi connectivity index (χ1v) is 2.73. The molecular weight excluding hydrogens is 118 g/mol. The number of hydrogen-bond donors (Lipinski definition) is 1. The van der Waals surface area contributed by atoms with Crippen molar-refractivity contribution in [2.75, 3.05) is 6.54 Å². The maximum Gasteiger partial charge on any atom is 0.320 e. The predicted molar refractivity (Wildman–Crippen MR) is 34.6 cm³/mol. The highest BCUT2D eigenvalue weighted by molar-refractivity contribution is 5.71. The summed E-state index contributed by atoms with van der Waals surface area (Å²) in [7, 11) is 0. The van der Waals surface area contributed by atoms with Gasteiger partial charge in [0.2, 0.25) is 0 Å². The van der Waals surface area contributed by atoms with Crippen LogP contribution in [-0.4, -0.2) is 18.1 Å². The van der Waals surface area contributed by atoms with Crippen LogP contribution in [-0.2, 0) is 9.53 Å².